The van der Waals surface area contributed by atoms with Gasteiger partial charge in [0.25, 0.3) is 0 Å². The Morgan fingerprint density at radius 2 is 1.59 bits per heavy atom. The van der Waals surface area contributed by atoms with Crippen molar-refractivity contribution in [1.29, 1.82) is 0 Å². The van der Waals surface area contributed by atoms with E-state index in [2.05, 4.69) is 5.32 Å². The van der Waals surface area contributed by atoms with Crippen molar-refractivity contribution in [3.8, 4) is 0 Å². The van der Waals surface area contributed by atoms with Gasteiger partial charge in [0, 0.05) is 17.9 Å². The molecule has 1 aliphatic heterocycles. The molecule has 0 aliphatic carbocycles. The molecule has 4 amide bonds. The van der Waals surface area contributed by atoms with Crippen LogP contribution in [0.15, 0.2) is 84.9 Å². The number of carbonyl (C=O) groups excluding carboxylic acids is 2. The number of benzene rings is 3. The molecule has 1 fully saturated rings. The highest BCUT2D eigenvalue weighted by Gasteiger charge is 2.55. The van der Waals surface area contributed by atoms with E-state index in [9.17, 15) is 19.2 Å². The molecule has 1 aliphatic rings. The Morgan fingerprint density at radius 3 is 2.21 bits per heavy atom. The van der Waals surface area contributed by atoms with Gasteiger partial charge in [-0.05, 0) is 62.2 Å². The van der Waals surface area contributed by atoms with Gasteiger partial charge in [0.15, 0.2) is 6.17 Å². The van der Waals surface area contributed by atoms with E-state index in [1.807, 2.05) is 26.0 Å². The first-order chi connectivity index (χ1) is 16.3. The van der Waals surface area contributed by atoms with Crippen LogP contribution >= 0.6 is 0 Å². The fourth-order valence-corrected chi connectivity index (χ4v) is 4.27. The molecule has 4 rings (SSSR count). The smallest absolute Gasteiger partial charge is 0.315 e. The predicted molar refractivity (Wildman–Crippen MR) is 128 cm³/mol. The van der Waals surface area contributed by atoms with Gasteiger partial charge in [-0.25, -0.2) is 14.0 Å². The van der Waals surface area contributed by atoms with Crippen LogP contribution in [0.4, 0.5) is 25.4 Å². The topological polar surface area (TPSA) is 76.1 Å². The number of nitrogens with zero attached hydrogens (tertiary/aromatic N) is 3. The predicted octanol–water partition coefficient (Wildman–Crippen LogP) is 5.34. The first-order valence-electron chi connectivity index (χ1n) is 11.0. The fraction of sp³-hybridized carbons (Fsp3) is 0.231. The van der Waals surface area contributed by atoms with Crippen molar-refractivity contribution < 1.29 is 19.2 Å². The summed E-state index contributed by atoms with van der Waals surface area (Å²) in [5.74, 6) is -0.322. The Kier molecular flexibility index (Phi) is 6.51. The first-order valence-corrected chi connectivity index (χ1v) is 11.0. The quantitative estimate of drug-likeness (QED) is 0.384. The van der Waals surface area contributed by atoms with E-state index in [4.69, 9.17) is 0 Å². The Balaban J connectivity index is 1.63. The molecule has 1 atom stereocenters. The van der Waals surface area contributed by atoms with Crippen molar-refractivity contribution in [2.24, 2.45) is 0 Å². The van der Waals surface area contributed by atoms with Gasteiger partial charge in [0.05, 0.1) is 5.54 Å². The highest BCUT2D eigenvalue weighted by molar-refractivity contribution is 5.98. The number of carbonyl (C=O) groups is 2. The lowest BCUT2D eigenvalue weighted by Crippen LogP contribution is -2.58. The Labute approximate surface area is 198 Å². The summed E-state index contributed by atoms with van der Waals surface area (Å²) in [6, 6.07) is 22.7. The van der Waals surface area contributed by atoms with Crippen LogP contribution in [-0.4, -0.2) is 45.5 Å². The van der Waals surface area contributed by atoms with Crippen molar-refractivity contribution in [2.75, 3.05) is 16.8 Å². The molecule has 0 radical (unpaired) electrons. The standard InChI is InChI=1S/C26H27FN4O3/c1-26(2)23(31(34)24(32)28-21-9-5-3-6-10-21)30(22-11-7-4-8-12-22)25(33)29(26)18-17-19-13-15-20(27)16-14-19/h3-16,23,34H,17-18H2,1-2H3,(H,28,32). The third kappa shape index (κ3) is 4.58. The molecular weight excluding hydrogens is 435 g/mol. The van der Waals surface area contributed by atoms with Crippen LogP contribution < -0.4 is 10.2 Å². The number of anilines is 2. The molecule has 3 aromatic carbocycles. The maximum atomic E-state index is 13.6. The highest BCUT2D eigenvalue weighted by atomic mass is 19.1. The van der Waals surface area contributed by atoms with Crippen molar-refractivity contribution >= 4 is 23.4 Å². The fourth-order valence-electron chi connectivity index (χ4n) is 4.27. The second kappa shape index (κ2) is 9.52. The van der Waals surface area contributed by atoms with Crippen LogP contribution in [0.5, 0.6) is 0 Å². The molecule has 0 aromatic heterocycles. The lowest BCUT2D eigenvalue weighted by atomic mass is 9.99. The van der Waals surface area contributed by atoms with Gasteiger partial charge >= 0.3 is 12.1 Å². The number of urea groups is 2. The van der Waals surface area contributed by atoms with E-state index in [0.717, 1.165) is 5.56 Å². The maximum Gasteiger partial charge on any atom is 0.347 e. The number of hydrogen-bond acceptors (Lipinski definition) is 3. The largest absolute Gasteiger partial charge is 0.347 e. The molecule has 1 saturated heterocycles. The molecule has 2 N–H and O–H groups in total. The maximum absolute atomic E-state index is 13.6. The van der Waals surface area contributed by atoms with Crippen LogP contribution in [0.25, 0.3) is 0 Å². The van der Waals surface area contributed by atoms with Gasteiger partial charge in [-0.3, -0.25) is 10.1 Å². The number of nitrogens with one attached hydrogen (secondary N) is 1. The minimum absolute atomic E-state index is 0.322. The molecule has 0 bridgehead atoms. The average molecular weight is 463 g/mol. The summed E-state index contributed by atoms with van der Waals surface area (Å²) >= 11 is 0. The number of amides is 4. The number of hydrogen-bond donors (Lipinski definition) is 2. The van der Waals surface area contributed by atoms with E-state index in [1.165, 1.54) is 17.0 Å². The second-order valence-electron chi connectivity index (χ2n) is 8.68. The molecule has 8 heteroatoms. The van der Waals surface area contributed by atoms with E-state index >= 15 is 0 Å². The van der Waals surface area contributed by atoms with Gasteiger partial charge < -0.3 is 10.2 Å². The van der Waals surface area contributed by atoms with Crippen molar-refractivity contribution in [1.82, 2.24) is 9.96 Å². The lowest BCUT2D eigenvalue weighted by Gasteiger charge is -2.38. The summed E-state index contributed by atoms with van der Waals surface area (Å²) in [5.41, 5.74) is 1.01. The molecule has 176 valence electrons. The van der Waals surface area contributed by atoms with Crippen molar-refractivity contribution in [3.63, 3.8) is 0 Å². The number of rotatable bonds is 6. The number of hydroxylamine groups is 2. The summed E-state index contributed by atoms with van der Waals surface area (Å²) in [6.07, 6.45) is -0.508. The summed E-state index contributed by atoms with van der Waals surface area (Å²) < 4.78 is 13.3. The normalized spacial score (nSPS) is 17.1. The Bertz CT molecular complexity index is 1140. The van der Waals surface area contributed by atoms with Gasteiger partial charge in [0.1, 0.15) is 5.82 Å². The Morgan fingerprint density at radius 1 is 1.00 bits per heavy atom. The third-order valence-corrected chi connectivity index (χ3v) is 6.05. The van der Waals surface area contributed by atoms with E-state index < -0.39 is 17.7 Å². The highest BCUT2D eigenvalue weighted by Crippen LogP contribution is 2.38. The van der Waals surface area contributed by atoms with Crippen LogP contribution in [0.1, 0.15) is 19.4 Å². The van der Waals surface area contributed by atoms with Crippen molar-refractivity contribution in [3.05, 3.63) is 96.3 Å². The number of halogens is 1. The summed E-state index contributed by atoms with van der Waals surface area (Å²) in [4.78, 5) is 29.6. The van der Waals surface area contributed by atoms with E-state index in [0.29, 0.717) is 29.4 Å². The molecular formula is C26H27FN4O3. The monoisotopic (exact) mass is 462 g/mol. The minimum atomic E-state index is -1.00. The van der Waals surface area contributed by atoms with Crippen LogP contribution in [0.2, 0.25) is 0 Å². The number of para-hydroxylation sites is 2. The zero-order valence-electron chi connectivity index (χ0n) is 19.1. The molecule has 1 heterocycles. The molecule has 1 unspecified atom stereocenters. The zero-order valence-corrected chi connectivity index (χ0v) is 19.1. The second-order valence-corrected chi connectivity index (χ2v) is 8.68. The SMILES string of the molecule is CC1(C)C(N(O)C(=O)Nc2ccccc2)N(c2ccccc2)C(=O)N1CCc1ccc(F)cc1. The van der Waals surface area contributed by atoms with Gasteiger partial charge in [0.2, 0.25) is 0 Å². The molecule has 0 spiro atoms. The summed E-state index contributed by atoms with van der Waals surface area (Å²) in [5, 5.41) is 14.3. The van der Waals surface area contributed by atoms with Gasteiger partial charge in [-0.2, -0.15) is 5.06 Å². The average Bonchev–Trinajstić information content (AvgIpc) is 3.04. The van der Waals surface area contributed by atoms with Crippen molar-refractivity contribution in [2.45, 2.75) is 32.0 Å². The summed E-state index contributed by atoms with van der Waals surface area (Å²) in [7, 11) is 0. The zero-order chi connectivity index (χ0) is 24.3. The van der Waals surface area contributed by atoms with E-state index in [-0.39, 0.29) is 11.8 Å². The van der Waals surface area contributed by atoms with Crippen LogP contribution in [0.3, 0.4) is 0 Å². The lowest BCUT2D eigenvalue weighted by molar-refractivity contribution is -0.0947. The minimum Gasteiger partial charge on any atom is -0.315 e. The summed E-state index contributed by atoms with van der Waals surface area (Å²) in [6.45, 7) is 3.94. The van der Waals surface area contributed by atoms with Gasteiger partial charge in [-0.1, -0.05) is 48.5 Å². The first kappa shape index (κ1) is 23.3. The molecule has 3 aromatic rings. The third-order valence-electron chi connectivity index (χ3n) is 6.05. The van der Waals surface area contributed by atoms with Gasteiger partial charge in [-0.15, -0.1) is 0 Å². The Hall–Kier alpha value is -3.91. The van der Waals surface area contributed by atoms with Crippen LogP contribution in [0, 0.1) is 5.82 Å². The molecule has 7 nitrogen and oxygen atoms in total. The van der Waals surface area contributed by atoms with E-state index in [1.54, 1.807) is 65.6 Å². The molecule has 34 heavy (non-hydrogen) atoms. The molecule has 0 saturated carbocycles. The van der Waals surface area contributed by atoms with Crippen LogP contribution in [-0.2, 0) is 6.42 Å².